The van der Waals surface area contributed by atoms with Crippen LogP contribution in [-0.2, 0) is 15.9 Å². The summed E-state index contributed by atoms with van der Waals surface area (Å²) in [6.45, 7) is 0. The van der Waals surface area contributed by atoms with Crippen LogP contribution in [-0.4, -0.2) is 9.97 Å². The fraction of sp³-hybridized carbons (Fsp3) is 0. The minimum absolute atomic E-state index is 0.106. The fourth-order valence-electron chi connectivity index (χ4n) is 1.73. The average Bonchev–Trinajstić information content (AvgIpc) is 2.40. The maximum absolute atomic E-state index is 6.17. The van der Waals surface area contributed by atoms with Crippen molar-refractivity contribution in [3.63, 3.8) is 0 Å². The zero-order valence-electron chi connectivity index (χ0n) is 8.89. The van der Waals surface area contributed by atoms with E-state index in [0.29, 0.717) is 0 Å². The molecule has 0 saturated heterocycles. The monoisotopic (exact) mass is 390 g/mol. The van der Waals surface area contributed by atoms with E-state index in [9.17, 15) is 0 Å². The van der Waals surface area contributed by atoms with E-state index in [2.05, 4.69) is 9.97 Å². The number of rotatable bonds is 0. The number of hydrogen-bond acceptors (Lipinski definition) is 2. The number of pyridine rings is 2. The van der Waals surface area contributed by atoms with Gasteiger partial charge in [-0.2, -0.15) is 0 Å². The summed E-state index contributed by atoms with van der Waals surface area (Å²) < 4.78 is 0. The molecule has 6 heteroatoms. The second-order valence-electron chi connectivity index (χ2n) is 3.38. The molecule has 0 saturated carbocycles. The van der Waals surface area contributed by atoms with Crippen LogP contribution in [0.2, 0.25) is 5.02 Å². The van der Waals surface area contributed by atoms with Gasteiger partial charge in [0.25, 0.3) is 0 Å². The number of nitrogens with zero attached hydrogens (tertiary/aromatic N) is 2. The van der Waals surface area contributed by atoms with E-state index in [1.165, 1.54) is 0 Å². The molecule has 0 spiro atoms. The number of aromatic nitrogens is 2. The van der Waals surface area contributed by atoms with Crippen LogP contribution >= 0.6 is 30.7 Å². The van der Waals surface area contributed by atoms with Gasteiger partial charge in [0.05, 0.1) is 16.1 Å². The molecule has 0 radical (unpaired) electrons. The minimum atomic E-state index is -0.106. The summed E-state index contributed by atoms with van der Waals surface area (Å²) in [5.41, 5.74) is 1.76. The summed E-state index contributed by atoms with van der Waals surface area (Å²) in [7, 11) is 9.63. The molecule has 1 aromatic carbocycles. The summed E-state index contributed by atoms with van der Waals surface area (Å²) in [5.74, 6) is 0. The third-order valence-corrected chi connectivity index (χ3v) is 2.72. The molecule has 2 nitrogen and oxygen atoms in total. The van der Waals surface area contributed by atoms with Crippen LogP contribution in [0.4, 0.5) is 0 Å². The van der Waals surface area contributed by atoms with Crippen molar-refractivity contribution in [2.45, 2.75) is 0 Å². The predicted octanol–water partition coefficient (Wildman–Crippen LogP) is 4.81. The fourth-order valence-corrected chi connectivity index (χ4v) is 2.00. The van der Waals surface area contributed by atoms with E-state index < -0.39 is 0 Å². The summed E-state index contributed by atoms with van der Waals surface area (Å²) in [4.78, 5) is 8.65. The molecule has 0 bridgehead atoms. The molecule has 0 atom stereocenters. The first-order valence-electron chi connectivity index (χ1n) is 4.88. The molecule has 0 amide bonds. The zero-order chi connectivity index (χ0) is 13.0. The molecule has 3 aromatic rings. The first-order valence-corrected chi connectivity index (χ1v) is 9.26. The topological polar surface area (TPSA) is 25.8 Å². The maximum atomic E-state index is 6.17. The molecule has 0 aliphatic rings. The summed E-state index contributed by atoms with van der Waals surface area (Å²) in [5, 5.41) is 2.69. The van der Waals surface area contributed by atoms with Gasteiger partial charge in [-0.15, -0.1) is 0 Å². The van der Waals surface area contributed by atoms with Crippen molar-refractivity contribution in [3.8, 4) is 0 Å². The van der Waals surface area contributed by atoms with E-state index >= 15 is 0 Å². The Morgan fingerprint density at radius 2 is 1.56 bits per heavy atom. The molecule has 0 N–H and O–H groups in total. The van der Waals surface area contributed by atoms with Crippen molar-refractivity contribution in [2.75, 3.05) is 0 Å². The normalized spacial score (nSPS) is 10.4. The average molecular weight is 392 g/mol. The first kappa shape index (κ1) is 14.0. The molecule has 96 valence electrons. The molecule has 0 fully saturated rings. The summed E-state index contributed by atoms with van der Waals surface area (Å²) >= 11 is 6.06. The first-order chi connectivity index (χ1) is 8.77. The molecular formula is C12H7Cl3N2Pd. The summed E-state index contributed by atoms with van der Waals surface area (Å²) in [6, 6.07) is 9.64. The van der Waals surface area contributed by atoms with Gasteiger partial charge in [0.1, 0.15) is 0 Å². The number of halogens is 3. The van der Waals surface area contributed by atoms with E-state index in [1.807, 2.05) is 30.3 Å². The van der Waals surface area contributed by atoms with Gasteiger partial charge in [0.15, 0.2) is 0 Å². The molecule has 0 unspecified atom stereocenters. The van der Waals surface area contributed by atoms with Crippen molar-refractivity contribution in [3.05, 3.63) is 47.7 Å². The predicted molar refractivity (Wildman–Crippen MR) is 73.8 cm³/mol. The van der Waals surface area contributed by atoms with Crippen LogP contribution in [0.3, 0.4) is 0 Å². The van der Waals surface area contributed by atoms with Gasteiger partial charge in [0.2, 0.25) is 0 Å². The Kier molecular flexibility index (Phi) is 5.17. The number of benzene rings is 1. The van der Waals surface area contributed by atoms with Gasteiger partial charge in [-0.25, -0.2) is 0 Å². The number of fused-ring (bicyclic) bond motifs is 3. The Hall–Kier alpha value is -0.428. The van der Waals surface area contributed by atoms with Crippen molar-refractivity contribution >= 4 is 52.5 Å². The van der Waals surface area contributed by atoms with E-state index in [0.717, 1.165) is 26.8 Å². The van der Waals surface area contributed by atoms with Crippen LogP contribution in [0.5, 0.6) is 0 Å². The van der Waals surface area contributed by atoms with E-state index in [-0.39, 0.29) is 15.9 Å². The van der Waals surface area contributed by atoms with Crippen molar-refractivity contribution in [2.24, 2.45) is 0 Å². The van der Waals surface area contributed by atoms with Gasteiger partial charge in [-0.1, -0.05) is 17.7 Å². The van der Waals surface area contributed by atoms with Crippen molar-refractivity contribution < 1.29 is 15.9 Å². The van der Waals surface area contributed by atoms with Crippen LogP contribution < -0.4 is 0 Å². The van der Waals surface area contributed by atoms with E-state index in [4.69, 9.17) is 30.7 Å². The van der Waals surface area contributed by atoms with Crippen LogP contribution in [0.1, 0.15) is 0 Å². The van der Waals surface area contributed by atoms with Gasteiger partial charge in [-0.3, -0.25) is 9.97 Å². The Morgan fingerprint density at radius 1 is 0.944 bits per heavy atom. The standard InChI is InChI=1S/C12H7ClN2.2ClH.Pd/c13-10-7-8-3-1-5-14-11(8)12-9(10)4-2-6-15-12;;;/h1-7H;2*1H;/q;;;+2/p-2. The quantitative estimate of drug-likeness (QED) is 0.406. The van der Waals surface area contributed by atoms with Crippen LogP contribution in [0, 0.1) is 0 Å². The van der Waals surface area contributed by atoms with Crippen molar-refractivity contribution in [1.29, 1.82) is 0 Å². The number of hydrogen-bond donors (Lipinski definition) is 0. The SMILES string of the molecule is Clc1cc2cccnc2c2ncccc12.[Cl][Pd][Cl]. The molecular weight excluding hydrogens is 385 g/mol. The Labute approximate surface area is 125 Å². The third-order valence-electron chi connectivity index (χ3n) is 2.41. The molecule has 18 heavy (non-hydrogen) atoms. The molecule has 0 aliphatic carbocycles. The van der Waals surface area contributed by atoms with Gasteiger partial charge in [0, 0.05) is 23.2 Å². The third kappa shape index (κ3) is 2.93. The second kappa shape index (κ2) is 6.66. The van der Waals surface area contributed by atoms with Crippen LogP contribution in [0.15, 0.2) is 42.7 Å². The molecule has 2 aromatic heterocycles. The second-order valence-corrected chi connectivity index (χ2v) is 6.15. The molecule has 3 rings (SSSR count). The van der Waals surface area contributed by atoms with Gasteiger partial charge >= 0.3 is 35.0 Å². The zero-order valence-corrected chi connectivity index (χ0v) is 12.7. The van der Waals surface area contributed by atoms with Gasteiger partial charge < -0.3 is 0 Å². The Balaban J connectivity index is 0.000000367. The van der Waals surface area contributed by atoms with E-state index in [1.54, 1.807) is 12.4 Å². The summed E-state index contributed by atoms with van der Waals surface area (Å²) in [6.07, 6.45) is 3.52. The van der Waals surface area contributed by atoms with Crippen LogP contribution in [0.25, 0.3) is 21.8 Å². The molecule has 0 aliphatic heterocycles. The Morgan fingerprint density at radius 3 is 2.28 bits per heavy atom. The molecule has 2 heterocycles. The Bertz CT molecular complexity index is 676. The van der Waals surface area contributed by atoms with Gasteiger partial charge in [-0.05, 0) is 24.3 Å². The van der Waals surface area contributed by atoms with Crippen molar-refractivity contribution in [1.82, 2.24) is 9.97 Å².